The number of hydrogen-bond acceptors (Lipinski definition) is 5. The van der Waals surface area contributed by atoms with Crippen LogP contribution in [0.3, 0.4) is 0 Å². The van der Waals surface area contributed by atoms with E-state index in [1.54, 1.807) is 36.6 Å². The molecule has 0 aliphatic rings. The van der Waals surface area contributed by atoms with Crippen LogP contribution in [0.4, 0.5) is 15.8 Å². The lowest BCUT2D eigenvalue weighted by Crippen LogP contribution is -2.16. The number of thiophene rings is 1. The van der Waals surface area contributed by atoms with Crippen molar-refractivity contribution in [1.82, 2.24) is 4.57 Å². The quantitative estimate of drug-likeness (QED) is 0.406. The molecule has 0 saturated heterocycles. The minimum absolute atomic E-state index is 0.197. The molecule has 31 heavy (non-hydrogen) atoms. The average Bonchev–Trinajstić information content (AvgIpc) is 3.10. The molecular formula is C24H21FN2O3S. The molecule has 4 rings (SSSR count). The van der Waals surface area contributed by atoms with E-state index >= 15 is 0 Å². The monoisotopic (exact) mass is 436 g/mol. The summed E-state index contributed by atoms with van der Waals surface area (Å²) in [5.41, 5.74) is 3.25. The number of halogens is 1. The Hall–Kier alpha value is -3.45. The number of fused-ring (bicyclic) bond motifs is 1. The average molecular weight is 437 g/mol. The topological polar surface area (TPSA) is 60.3 Å². The molecule has 7 heteroatoms. The SMILES string of the molecule is CCOC(=O)c1sc2c(ccc(=O)n2-c2ccc(C)cc2)c1Nc1ccc(F)c(C)c1. The van der Waals surface area contributed by atoms with Gasteiger partial charge in [-0.2, -0.15) is 0 Å². The maximum absolute atomic E-state index is 13.7. The highest BCUT2D eigenvalue weighted by molar-refractivity contribution is 7.21. The van der Waals surface area contributed by atoms with Gasteiger partial charge >= 0.3 is 5.97 Å². The maximum atomic E-state index is 13.7. The Morgan fingerprint density at radius 2 is 1.84 bits per heavy atom. The third-order valence-electron chi connectivity index (χ3n) is 4.92. The van der Waals surface area contributed by atoms with Crippen molar-refractivity contribution in [3.05, 3.63) is 86.8 Å². The second-order valence-electron chi connectivity index (χ2n) is 7.18. The Balaban J connectivity index is 1.94. The van der Waals surface area contributed by atoms with Crippen molar-refractivity contribution < 1.29 is 13.9 Å². The summed E-state index contributed by atoms with van der Waals surface area (Å²) in [7, 11) is 0. The summed E-state index contributed by atoms with van der Waals surface area (Å²) in [5.74, 6) is -0.785. The van der Waals surface area contributed by atoms with Crippen molar-refractivity contribution in [2.75, 3.05) is 11.9 Å². The van der Waals surface area contributed by atoms with Gasteiger partial charge in [-0.3, -0.25) is 9.36 Å². The van der Waals surface area contributed by atoms with E-state index < -0.39 is 5.97 Å². The summed E-state index contributed by atoms with van der Waals surface area (Å²) in [6.07, 6.45) is 0. The van der Waals surface area contributed by atoms with Crippen LogP contribution in [0.15, 0.2) is 59.4 Å². The second-order valence-corrected chi connectivity index (χ2v) is 8.18. The Morgan fingerprint density at radius 3 is 2.52 bits per heavy atom. The molecule has 0 aliphatic carbocycles. The second kappa shape index (κ2) is 8.35. The van der Waals surface area contributed by atoms with E-state index in [0.717, 1.165) is 5.56 Å². The predicted octanol–water partition coefficient (Wildman–Crippen LogP) is 5.73. The van der Waals surface area contributed by atoms with Crippen molar-refractivity contribution >= 4 is 38.9 Å². The highest BCUT2D eigenvalue weighted by atomic mass is 32.1. The molecule has 0 radical (unpaired) electrons. The summed E-state index contributed by atoms with van der Waals surface area (Å²) >= 11 is 1.19. The van der Waals surface area contributed by atoms with E-state index in [-0.39, 0.29) is 18.0 Å². The summed E-state index contributed by atoms with van der Waals surface area (Å²) < 4.78 is 20.6. The molecule has 0 fully saturated rings. The smallest absolute Gasteiger partial charge is 0.350 e. The molecule has 158 valence electrons. The molecule has 4 aromatic rings. The van der Waals surface area contributed by atoms with E-state index in [9.17, 15) is 14.0 Å². The zero-order valence-electron chi connectivity index (χ0n) is 17.4. The minimum atomic E-state index is -0.479. The third kappa shape index (κ3) is 3.96. The molecule has 0 bridgehead atoms. The fourth-order valence-electron chi connectivity index (χ4n) is 3.35. The van der Waals surface area contributed by atoms with Crippen molar-refractivity contribution in [3.63, 3.8) is 0 Å². The molecule has 2 heterocycles. The zero-order valence-corrected chi connectivity index (χ0v) is 18.2. The maximum Gasteiger partial charge on any atom is 0.350 e. The number of esters is 1. The van der Waals surface area contributed by atoms with Crippen LogP contribution in [0.2, 0.25) is 0 Å². The molecule has 0 aliphatic heterocycles. The van der Waals surface area contributed by atoms with Gasteiger partial charge in [0.15, 0.2) is 0 Å². The van der Waals surface area contributed by atoms with Gasteiger partial charge in [0.1, 0.15) is 15.5 Å². The number of pyridine rings is 1. The Morgan fingerprint density at radius 1 is 1.10 bits per heavy atom. The van der Waals surface area contributed by atoms with Crippen LogP contribution >= 0.6 is 11.3 Å². The number of aromatic nitrogens is 1. The van der Waals surface area contributed by atoms with E-state index in [0.29, 0.717) is 37.7 Å². The van der Waals surface area contributed by atoms with Gasteiger partial charge in [-0.25, -0.2) is 9.18 Å². The molecule has 5 nitrogen and oxygen atoms in total. The third-order valence-corrected chi connectivity index (χ3v) is 6.09. The summed E-state index contributed by atoms with van der Waals surface area (Å²) in [4.78, 5) is 26.5. The van der Waals surface area contributed by atoms with Crippen molar-refractivity contribution in [2.24, 2.45) is 0 Å². The standard InChI is InChI=1S/C24H21FN2O3S/c1-4-30-24(29)22-21(26-16-7-11-19(25)15(3)13-16)18-10-12-20(28)27(23(18)31-22)17-8-5-14(2)6-9-17/h5-13,26H,4H2,1-3H3. The number of carbonyl (C=O) groups excluding carboxylic acids is 1. The lowest BCUT2D eigenvalue weighted by atomic mass is 10.2. The fraction of sp³-hybridized carbons (Fsp3) is 0.167. The zero-order chi connectivity index (χ0) is 22.1. The summed E-state index contributed by atoms with van der Waals surface area (Å²) in [6, 6.07) is 15.4. The number of aryl methyl sites for hydroxylation is 2. The first-order chi connectivity index (χ1) is 14.9. The number of anilines is 2. The molecule has 0 spiro atoms. The summed E-state index contributed by atoms with van der Waals surface area (Å²) in [5, 5.41) is 3.94. The first-order valence-electron chi connectivity index (χ1n) is 9.85. The van der Waals surface area contributed by atoms with Crippen LogP contribution in [-0.2, 0) is 4.74 Å². The van der Waals surface area contributed by atoms with Gasteiger partial charge in [0, 0.05) is 17.1 Å². The van der Waals surface area contributed by atoms with Gasteiger partial charge < -0.3 is 10.1 Å². The van der Waals surface area contributed by atoms with Gasteiger partial charge in [-0.15, -0.1) is 11.3 Å². The number of ether oxygens (including phenoxy) is 1. The molecule has 2 aromatic heterocycles. The van der Waals surface area contributed by atoms with Crippen LogP contribution < -0.4 is 10.9 Å². The highest BCUT2D eigenvalue weighted by Gasteiger charge is 2.23. The van der Waals surface area contributed by atoms with E-state index in [1.165, 1.54) is 23.5 Å². The van der Waals surface area contributed by atoms with Gasteiger partial charge in [0.05, 0.1) is 18.0 Å². The Kier molecular flexibility index (Phi) is 5.61. The first-order valence-corrected chi connectivity index (χ1v) is 10.7. The number of nitrogens with zero attached hydrogens (tertiary/aromatic N) is 1. The van der Waals surface area contributed by atoms with Crippen LogP contribution in [0.5, 0.6) is 0 Å². The number of rotatable bonds is 5. The van der Waals surface area contributed by atoms with Crippen LogP contribution in [-0.4, -0.2) is 17.1 Å². The number of nitrogens with one attached hydrogen (secondary N) is 1. The molecule has 2 aromatic carbocycles. The Labute approximate surface area is 182 Å². The number of carbonyl (C=O) groups is 1. The number of benzene rings is 2. The molecular weight excluding hydrogens is 415 g/mol. The summed E-state index contributed by atoms with van der Waals surface area (Å²) in [6.45, 7) is 5.62. The minimum Gasteiger partial charge on any atom is -0.462 e. The largest absolute Gasteiger partial charge is 0.462 e. The lowest BCUT2D eigenvalue weighted by Gasteiger charge is -2.10. The van der Waals surface area contributed by atoms with E-state index in [2.05, 4.69) is 5.32 Å². The van der Waals surface area contributed by atoms with Crippen molar-refractivity contribution in [1.29, 1.82) is 0 Å². The normalized spacial score (nSPS) is 11.0. The molecule has 1 N–H and O–H groups in total. The molecule has 0 unspecified atom stereocenters. The van der Waals surface area contributed by atoms with Gasteiger partial charge in [0.2, 0.25) is 0 Å². The van der Waals surface area contributed by atoms with Crippen LogP contribution in [0, 0.1) is 19.7 Å². The van der Waals surface area contributed by atoms with Gasteiger partial charge in [-0.1, -0.05) is 17.7 Å². The van der Waals surface area contributed by atoms with Crippen LogP contribution in [0.25, 0.3) is 15.9 Å². The highest BCUT2D eigenvalue weighted by Crippen LogP contribution is 2.38. The van der Waals surface area contributed by atoms with Crippen molar-refractivity contribution in [2.45, 2.75) is 20.8 Å². The van der Waals surface area contributed by atoms with E-state index in [4.69, 9.17) is 4.74 Å². The molecule has 0 saturated carbocycles. The van der Waals surface area contributed by atoms with E-state index in [1.807, 2.05) is 31.2 Å². The molecule has 0 amide bonds. The predicted molar refractivity (Wildman–Crippen MR) is 123 cm³/mol. The van der Waals surface area contributed by atoms with Gasteiger partial charge in [0.25, 0.3) is 5.56 Å². The number of hydrogen-bond donors (Lipinski definition) is 1. The van der Waals surface area contributed by atoms with Crippen molar-refractivity contribution in [3.8, 4) is 5.69 Å². The fourth-order valence-corrected chi connectivity index (χ4v) is 4.52. The Bertz CT molecular complexity index is 1340. The van der Waals surface area contributed by atoms with Crippen LogP contribution in [0.1, 0.15) is 27.7 Å². The first kappa shape index (κ1) is 20.8. The van der Waals surface area contributed by atoms with Gasteiger partial charge in [-0.05, 0) is 62.7 Å². The molecule has 0 atom stereocenters. The lowest BCUT2D eigenvalue weighted by molar-refractivity contribution is 0.0533.